The molecule has 0 bridgehead atoms. The Bertz CT molecular complexity index is 1170. The van der Waals surface area contributed by atoms with Crippen molar-refractivity contribution in [3.63, 3.8) is 0 Å². The summed E-state index contributed by atoms with van der Waals surface area (Å²) in [6.07, 6.45) is 2.98. The molecule has 3 N–H and O–H groups in total. The van der Waals surface area contributed by atoms with Crippen LogP contribution in [0.4, 0.5) is 0 Å². The Morgan fingerprint density at radius 2 is 2.00 bits per heavy atom. The summed E-state index contributed by atoms with van der Waals surface area (Å²) in [6.45, 7) is 2.45. The van der Waals surface area contributed by atoms with E-state index in [4.69, 9.17) is 4.74 Å². The van der Waals surface area contributed by atoms with Crippen LogP contribution in [0, 0.1) is 0 Å². The molecule has 1 amide bonds. The molecule has 3 rings (SSSR count). The van der Waals surface area contributed by atoms with Gasteiger partial charge in [0.25, 0.3) is 11.5 Å². The number of para-hydroxylation sites is 1. The normalized spacial score (nSPS) is 11.1. The number of aryl methyl sites for hydroxylation is 1. The zero-order valence-corrected chi connectivity index (χ0v) is 16.8. The second kappa shape index (κ2) is 9.13. The number of hydrogen-bond acceptors (Lipinski definition) is 6. The highest BCUT2D eigenvalue weighted by atomic mass is 16.5. The van der Waals surface area contributed by atoms with E-state index in [1.165, 1.54) is 30.0 Å². The summed E-state index contributed by atoms with van der Waals surface area (Å²) in [6, 6.07) is 11.5. The summed E-state index contributed by atoms with van der Waals surface area (Å²) in [5, 5.41) is 24.5. The molecule has 0 aliphatic carbocycles. The molecular weight excluding hydrogens is 386 g/mol. The van der Waals surface area contributed by atoms with E-state index in [0.29, 0.717) is 23.0 Å². The zero-order chi connectivity index (χ0) is 21.7. The number of rotatable bonds is 7. The molecule has 0 radical (unpaired) electrons. The summed E-state index contributed by atoms with van der Waals surface area (Å²) in [5.41, 5.74) is 2.49. The van der Waals surface area contributed by atoms with E-state index in [2.05, 4.69) is 10.5 Å². The zero-order valence-electron chi connectivity index (χ0n) is 16.8. The number of carbonyl (C=O) groups is 1. The Labute approximate surface area is 173 Å². The lowest BCUT2D eigenvalue weighted by Crippen LogP contribution is -2.31. The number of hydrazone groups is 1. The standard InChI is InChI=1S/C22H23N3O5/c1-3-4-11-25-16-8-6-5-7-15(16)20(27)19(22(25)29)21(28)24-23-13-14-9-10-17(26)18(12-14)30-2/h5-10,12-13,26-27H,3-4,11H2,1-2H3,(H,24,28). The van der Waals surface area contributed by atoms with Gasteiger partial charge in [0.15, 0.2) is 11.5 Å². The number of phenolic OH excluding ortho intramolecular Hbond substituents is 1. The van der Waals surface area contributed by atoms with Crippen molar-refractivity contribution in [2.45, 2.75) is 26.3 Å². The maximum absolute atomic E-state index is 13.0. The fraction of sp³-hybridized carbons (Fsp3) is 0.227. The smallest absolute Gasteiger partial charge is 0.280 e. The first-order chi connectivity index (χ1) is 14.5. The minimum Gasteiger partial charge on any atom is -0.506 e. The molecule has 8 heteroatoms. The number of phenols is 1. The number of methoxy groups -OCH3 is 1. The minimum absolute atomic E-state index is 0.0209. The Balaban J connectivity index is 1.94. The van der Waals surface area contributed by atoms with Crippen molar-refractivity contribution in [2.75, 3.05) is 7.11 Å². The van der Waals surface area contributed by atoms with Crippen LogP contribution in [0.25, 0.3) is 10.9 Å². The maximum atomic E-state index is 13.0. The summed E-state index contributed by atoms with van der Waals surface area (Å²) >= 11 is 0. The van der Waals surface area contributed by atoms with E-state index in [1.54, 1.807) is 30.3 Å². The fourth-order valence-electron chi connectivity index (χ4n) is 3.13. The molecule has 1 aromatic heterocycles. The molecule has 2 aromatic carbocycles. The molecule has 0 spiro atoms. The largest absolute Gasteiger partial charge is 0.506 e. The van der Waals surface area contributed by atoms with Crippen LogP contribution in [0.2, 0.25) is 0 Å². The van der Waals surface area contributed by atoms with Gasteiger partial charge in [0.1, 0.15) is 11.3 Å². The number of aromatic nitrogens is 1. The Morgan fingerprint density at radius 3 is 2.73 bits per heavy atom. The highest BCUT2D eigenvalue weighted by Gasteiger charge is 2.21. The highest BCUT2D eigenvalue weighted by molar-refractivity contribution is 6.02. The number of nitrogens with one attached hydrogen (secondary N) is 1. The number of carbonyl (C=O) groups excluding carboxylic acids is 1. The van der Waals surface area contributed by atoms with Gasteiger partial charge in [-0.15, -0.1) is 0 Å². The van der Waals surface area contributed by atoms with Crippen molar-refractivity contribution >= 4 is 23.0 Å². The summed E-state index contributed by atoms with van der Waals surface area (Å²) in [4.78, 5) is 25.6. The third-order valence-electron chi connectivity index (χ3n) is 4.69. The lowest BCUT2D eigenvalue weighted by Gasteiger charge is -2.14. The molecule has 0 saturated heterocycles. The summed E-state index contributed by atoms with van der Waals surface area (Å²) < 4.78 is 6.53. The second-order valence-electron chi connectivity index (χ2n) is 6.68. The van der Waals surface area contributed by atoms with Crippen LogP contribution >= 0.6 is 0 Å². The van der Waals surface area contributed by atoms with Crippen LogP contribution in [0.15, 0.2) is 52.4 Å². The van der Waals surface area contributed by atoms with Crippen molar-refractivity contribution in [2.24, 2.45) is 5.10 Å². The van der Waals surface area contributed by atoms with Gasteiger partial charge in [0.05, 0.1) is 18.8 Å². The number of unbranched alkanes of at least 4 members (excludes halogenated alkanes) is 1. The Hall–Kier alpha value is -3.81. The number of nitrogens with zero attached hydrogens (tertiary/aromatic N) is 2. The van der Waals surface area contributed by atoms with E-state index in [9.17, 15) is 19.8 Å². The fourth-order valence-corrected chi connectivity index (χ4v) is 3.13. The third kappa shape index (κ3) is 4.12. The average molecular weight is 409 g/mol. The number of benzene rings is 2. The number of hydrogen-bond donors (Lipinski definition) is 3. The first-order valence-corrected chi connectivity index (χ1v) is 9.52. The lowest BCUT2D eigenvalue weighted by molar-refractivity contribution is 0.0950. The van der Waals surface area contributed by atoms with Crippen LogP contribution < -0.4 is 15.7 Å². The lowest BCUT2D eigenvalue weighted by atomic mass is 10.1. The second-order valence-corrected chi connectivity index (χ2v) is 6.68. The van der Waals surface area contributed by atoms with Crippen LogP contribution in [-0.4, -0.2) is 34.0 Å². The SMILES string of the molecule is CCCCn1c(=O)c(C(=O)NN=Cc2ccc(O)c(OC)c2)c(O)c2ccccc21. The first kappa shape index (κ1) is 20.9. The van der Waals surface area contributed by atoms with Crippen molar-refractivity contribution in [1.82, 2.24) is 9.99 Å². The quantitative estimate of drug-likeness (QED) is 0.410. The van der Waals surface area contributed by atoms with Gasteiger partial charge in [0, 0.05) is 11.9 Å². The van der Waals surface area contributed by atoms with Crippen LogP contribution in [-0.2, 0) is 6.54 Å². The predicted molar refractivity (Wildman–Crippen MR) is 114 cm³/mol. The summed E-state index contributed by atoms with van der Waals surface area (Å²) in [5.74, 6) is -0.943. The molecule has 8 nitrogen and oxygen atoms in total. The molecule has 0 saturated carbocycles. The van der Waals surface area contributed by atoms with Crippen molar-refractivity contribution < 1.29 is 19.7 Å². The molecule has 0 atom stereocenters. The molecule has 0 aliphatic heterocycles. The topological polar surface area (TPSA) is 113 Å². The van der Waals surface area contributed by atoms with Gasteiger partial charge in [-0.25, -0.2) is 5.43 Å². The van der Waals surface area contributed by atoms with E-state index in [1.807, 2.05) is 6.92 Å². The maximum Gasteiger partial charge on any atom is 0.280 e. The average Bonchev–Trinajstić information content (AvgIpc) is 2.75. The molecular formula is C22H23N3O5. The van der Waals surface area contributed by atoms with E-state index in [0.717, 1.165) is 12.8 Å². The number of pyridine rings is 1. The summed E-state index contributed by atoms with van der Waals surface area (Å²) in [7, 11) is 1.42. The van der Waals surface area contributed by atoms with E-state index >= 15 is 0 Å². The van der Waals surface area contributed by atoms with Crippen molar-refractivity contribution in [3.8, 4) is 17.2 Å². The predicted octanol–water partition coefficient (Wildman–Crippen LogP) is 2.99. The van der Waals surface area contributed by atoms with Gasteiger partial charge < -0.3 is 19.5 Å². The minimum atomic E-state index is -0.810. The molecule has 156 valence electrons. The number of amides is 1. The molecule has 30 heavy (non-hydrogen) atoms. The van der Waals surface area contributed by atoms with Gasteiger partial charge in [0.2, 0.25) is 0 Å². The van der Waals surface area contributed by atoms with Gasteiger partial charge in [-0.1, -0.05) is 25.5 Å². The molecule has 3 aromatic rings. The van der Waals surface area contributed by atoms with Crippen molar-refractivity contribution in [1.29, 1.82) is 0 Å². The van der Waals surface area contributed by atoms with Gasteiger partial charge >= 0.3 is 0 Å². The van der Waals surface area contributed by atoms with Crippen LogP contribution in [0.5, 0.6) is 17.2 Å². The van der Waals surface area contributed by atoms with E-state index < -0.39 is 11.5 Å². The molecule has 0 fully saturated rings. The van der Waals surface area contributed by atoms with Crippen LogP contribution in [0.3, 0.4) is 0 Å². The molecule has 1 heterocycles. The van der Waals surface area contributed by atoms with Crippen molar-refractivity contribution in [3.05, 3.63) is 63.9 Å². The van der Waals surface area contributed by atoms with E-state index in [-0.39, 0.29) is 22.8 Å². The van der Waals surface area contributed by atoms with Gasteiger partial charge in [-0.2, -0.15) is 5.10 Å². The first-order valence-electron chi connectivity index (χ1n) is 9.52. The van der Waals surface area contributed by atoms with Gasteiger partial charge in [-0.3, -0.25) is 9.59 Å². The molecule has 0 aliphatic rings. The molecule has 0 unspecified atom stereocenters. The Morgan fingerprint density at radius 1 is 1.23 bits per heavy atom. The number of fused-ring (bicyclic) bond motifs is 1. The van der Waals surface area contributed by atoms with Crippen LogP contribution in [0.1, 0.15) is 35.7 Å². The number of aromatic hydroxyl groups is 2. The van der Waals surface area contributed by atoms with Gasteiger partial charge in [-0.05, 0) is 42.3 Å². The highest BCUT2D eigenvalue weighted by Crippen LogP contribution is 2.27. The third-order valence-corrected chi connectivity index (χ3v) is 4.69. The number of ether oxygens (including phenoxy) is 1. The monoisotopic (exact) mass is 409 g/mol. The Kier molecular flexibility index (Phi) is 6.36.